The van der Waals surface area contributed by atoms with Crippen molar-refractivity contribution in [3.8, 4) is 17.3 Å². The Bertz CT molecular complexity index is 702. The quantitative estimate of drug-likeness (QED) is 0.937. The molecule has 0 bridgehead atoms. The predicted octanol–water partition coefficient (Wildman–Crippen LogP) is 2.90. The van der Waals surface area contributed by atoms with Crippen LogP contribution in [0.15, 0.2) is 29.6 Å². The maximum absolute atomic E-state index is 11.6. The molecule has 1 amide bonds. The van der Waals surface area contributed by atoms with Crippen LogP contribution in [0.25, 0.3) is 11.3 Å². The van der Waals surface area contributed by atoms with Crippen LogP contribution in [0.1, 0.15) is 12.5 Å². The molecule has 0 aliphatic heterocycles. The maximum Gasteiger partial charge on any atom is 0.236 e. The van der Waals surface area contributed by atoms with E-state index in [-0.39, 0.29) is 16.8 Å². The van der Waals surface area contributed by atoms with Gasteiger partial charge in [0.2, 0.25) is 5.91 Å². The average molecular weight is 317 g/mol. The molecule has 0 atom stereocenters. The Labute approximate surface area is 130 Å². The van der Waals surface area contributed by atoms with Gasteiger partial charge in [-0.2, -0.15) is 5.26 Å². The largest absolute Gasteiger partial charge is 0.301 e. The summed E-state index contributed by atoms with van der Waals surface area (Å²) in [4.78, 5) is 26.7. The number of nitrogens with zero attached hydrogens (tertiary/aromatic N) is 2. The lowest BCUT2D eigenvalue weighted by Gasteiger charge is -1.99. The molecule has 5 nitrogen and oxygen atoms in total. The molecule has 2 aromatic rings. The minimum Gasteiger partial charge on any atom is -0.301 e. The van der Waals surface area contributed by atoms with Crippen LogP contribution in [0.4, 0.5) is 5.13 Å². The van der Waals surface area contributed by atoms with E-state index in [1.807, 2.05) is 17.5 Å². The molecule has 0 spiro atoms. The fourth-order valence-corrected chi connectivity index (χ4v) is 2.64. The van der Waals surface area contributed by atoms with E-state index in [1.54, 1.807) is 12.1 Å². The molecule has 0 saturated carbocycles. The number of hydrogen-bond acceptors (Lipinski definition) is 6. The molecule has 0 aliphatic carbocycles. The minimum absolute atomic E-state index is 0.0844. The monoisotopic (exact) mass is 317 g/mol. The number of benzene rings is 1. The molecule has 21 heavy (non-hydrogen) atoms. The number of amides is 1. The number of rotatable bonds is 4. The van der Waals surface area contributed by atoms with Crippen molar-refractivity contribution in [1.82, 2.24) is 4.98 Å². The highest BCUT2D eigenvalue weighted by Gasteiger charge is 2.09. The van der Waals surface area contributed by atoms with E-state index in [0.29, 0.717) is 10.7 Å². The molecule has 2 rings (SSSR count). The minimum atomic E-state index is -0.254. The summed E-state index contributed by atoms with van der Waals surface area (Å²) < 4.78 is 0. The normalized spacial score (nSPS) is 9.90. The van der Waals surface area contributed by atoms with Crippen molar-refractivity contribution in [3.63, 3.8) is 0 Å². The summed E-state index contributed by atoms with van der Waals surface area (Å²) in [7, 11) is 0. The van der Waals surface area contributed by atoms with Crippen LogP contribution in [0.2, 0.25) is 0 Å². The molecule has 0 radical (unpaired) electrons. The van der Waals surface area contributed by atoms with E-state index in [4.69, 9.17) is 5.26 Å². The van der Waals surface area contributed by atoms with Gasteiger partial charge in [-0.15, -0.1) is 11.3 Å². The van der Waals surface area contributed by atoms with Gasteiger partial charge in [0, 0.05) is 17.9 Å². The molecule has 7 heteroatoms. The van der Waals surface area contributed by atoms with Gasteiger partial charge in [-0.3, -0.25) is 9.59 Å². The van der Waals surface area contributed by atoms with E-state index < -0.39 is 0 Å². The highest BCUT2D eigenvalue weighted by molar-refractivity contribution is 8.14. The highest BCUT2D eigenvalue weighted by Crippen LogP contribution is 2.25. The first kappa shape index (κ1) is 15.2. The maximum atomic E-state index is 11.6. The van der Waals surface area contributed by atoms with Crippen LogP contribution in [0.5, 0.6) is 0 Å². The van der Waals surface area contributed by atoms with Crippen molar-refractivity contribution in [1.29, 1.82) is 5.26 Å². The third-order valence-corrected chi connectivity index (χ3v) is 4.04. The Morgan fingerprint density at radius 1 is 1.38 bits per heavy atom. The van der Waals surface area contributed by atoms with Gasteiger partial charge in [0.05, 0.1) is 23.1 Å². The Hall–Kier alpha value is -2.17. The molecule has 1 aromatic heterocycles. The highest BCUT2D eigenvalue weighted by atomic mass is 32.2. The summed E-state index contributed by atoms with van der Waals surface area (Å²) >= 11 is 2.28. The standard InChI is InChI=1S/C14H11N3O2S2/c1-9(18)20-8-13(19)17-14-16-12(7-21-14)11-4-2-10(6-15)3-5-11/h2-5,7H,8H2,1H3,(H,16,17,19). The van der Waals surface area contributed by atoms with Crippen LogP contribution in [-0.2, 0) is 9.59 Å². The lowest BCUT2D eigenvalue weighted by Crippen LogP contribution is -2.14. The summed E-state index contributed by atoms with van der Waals surface area (Å²) in [5.74, 6) is -0.169. The second-order valence-electron chi connectivity index (χ2n) is 4.06. The second kappa shape index (κ2) is 7.02. The fraction of sp³-hybridized carbons (Fsp3) is 0.143. The van der Waals surface area contributed by atoms with E-state index in [1.165, 1.54) is 18.3 Å². The Morgan fingerprint density at radius 2 is 2.10 bits per heavy atom. The van der Waals surface area contributed by atoms with Crippen LogP contribution in [-0.4, -0.2) is 21.8 Å². The van der Waals surface area contributed by atoms with E-state index in [0.717, 1.165) is 23.0 Å². The van der Waals surface area contributed by atoms with Gasteiger partial charge in [0.25, 0.3) is 0 Å². The molecule has 1 aromatic carbocycles. The van der Waals surface area contributed by atoms with Crippen molar-refractivity contribution in [2.24, 2.45) is 0 Å². The number of carbonyl (C=O) groups is 2. The van der Waals surface area contributed by atoms with Crippen molar-refractivity contribution in [2.45, 2.75) is 6.92 Å². The van der Waals surface area contributed by atoms with Crippen molar-refractivity contribution in [2.75, 3.05) is 11.1 Å². The molecule has 0 unspecified atom stereocenters. The molecule has 1 heterocycles. The van der Waals surface area contributed by atoms with Gasteiger partial charge >= 0.3 is 0 Å². The lowest BCUT2D eigenvalue weighted by atomic mass is 10.1. The zero-order chi connectivity index (χ0) is 15.2. The number of hydrogen-bond donors (Lipinski definition) is 1. The van der Waals surface area contributed by atoms with Gasteiger partial charge in [-0.1, -0.05) is 23.9 Å². The topological polar surface area (TPSA) is 82.8 Å². The molecule has 106 valence electrons. The number of anilines is 1. The Balaban J connectivity index is 2.02. The third-order valence-electron chi connectivity index (χ3n) is 2.47. The van der Waals surface area contributed by atoms with Crippen molar-refractivity contribution >= 4 is 39.3 Å². The Kier molecular flexibility index (Phi) is 5.09. The molecule has 1 N–H and O–H groups in total. The zero-order valence-corrected chi connectivity index (χ0v) is 12.8. The molecular weight excluding hydrogens is 306 g/mol. The Morgan fingerprint density at radius 3 is 2.71 bits per heavy atom. The van der Waals surface area contributed by atoms with Gasteiger partial charge in [0.15, 0.2) is 10.2 Å². The molecular formula is C14H11N3O2S2. The van der Waals surface area contributed by atoms with Gasteiger partial charge in [-0.05, 0) is 12.1 Å². The number of carbonyl (C=O) groups excluding carboxylic acids is 2. The van der Waals surface area contributed by atoms with Crippen molar-refractivity contribution < 1.29 is 9.59 Å². The SMILES string of the molecule is CC(=O)SCC(=O)Nc1nc(-c2ccc(C#N)cc2)cs1. The van der Waals surface area contributed by atoms with E-state index in [2.05, 4.69) is 16.4 Å². The first-order chi connectivity index (χ1) is 10.1. The number of nitrogens with one attached hydrogen (secondary N) is 1. The predicted molar refractivity (Wildman–Crippen MR) is 84.0 cm³/mol. The van der Waals surface area contributed by atoms with Crippen molar-refractivity contribution in [3.05, 3.63) is 35.2 Å². The number of thioether (sulfide) groups is 1. The fourth-order valence-electron chi connectivity index (χ4n) is 1.50. The zero-order valence-electron chi connectivity index (χ0n) is 11.1. The van der Waals surface area contributed by atoms with Gasteiger partial charge < -0.3 is 5.32 Å². The summed E-state index contributed by atoms with van der Waals surface area (Å²) in [6.07, 6.45) is 0. The van der Waals surface area contributed by atoms with Crippen LogP contribution < -0.4 is 5.32 Å². The first-order valence-electron chi connectivity index (χ1n) is 5.98. The van der Waals surface area contributed by atoms with Crippen LogP contribution in [0.3, 0.4) is 0 Å². The van der Waals surface area contributed by atoms with Gasteiger partial charge in [-0.25, -0.2) is 4.98 Å². The number of nitriles is 1. The number of aromatic nitrogens is 1. The van der Waals surface area contributed by atoms with E-state index >= 15 is 0 Å². The first-order valence-corrected chi connectivity index (χ1v) is 7.84. The molecule has 0 saturated heterocycles. The lowest BCUT2D eigenvalue weighted by molar-refractivity contribution is -0.114. The van der Waals surface area contributed by atoms with Gasteiger partial charge in [0.1, 0.15) is 0 Å². The summed E-state index contributed by atoms with van der Waals surface area (Å²) in [6.45, 7) is 1.42. The van der Waals surface area contributed by atoms with Crippen LogP contribution >= 0.6 is 23.1 Å². The molecule has 0 fully saturated rings. The summed E-state index contributed by atoms with van der Waals surface area (Å²) in [6, 6.07) is 9.11. The van der Waals surface area contributed by atoms with Crippen LogP contribution in [0, 0.1) is 11.3 Å². The van der Waals surface area contributed by atoms with E-state index in [9.17, 15) is 9.59 Å². The molecule has 0 aliphatic rings. The summed E-state index contributed by atoms with van der Waals surface area (Å²) in [5, 5.41) is 13.6. The third kappa shape index (κ3) is 4.41. The summed E-state index contributed by atoms with van der Waals surface area (Å²) in [5.41, 5.74) is 2.20. The number of thiazole rings is 1. The second-order valence-corrected chi connectivity index (χ2v) is 6.07. The average Bonchev–Trinajstić information content (AvgIpc) is 2.93. The smallest absolute Gasteiger partial charge is 0.236 e.